The molecule has 114 valence electrons. The van der Waals surface area contributed by atoms with Crippen LogP contribution in [0.2, 0.25) is 0 Å². The van der Waals surface area contributed by atoms with Crippen LogP contribution in [0.1, 0.15) is 37.3 Å². The first-order valence-electron chi connectivity index (χ1n) is 7.27. The molecule has 4 heteroatoms. The summed E-state index contributed by atoms with van der Waals surface area (Å²) in [7, 11) is 0. The van der Waals surface area contributed by atoms with Gasteiger partial charge < -0.3 is 10.5 Å². The van der Waals surface area contributed by atoms with E-state index >= 15 is 0 Å². The molecule has 1 heterocycles. The highest BCUT2D eigenvalue weighted by atomic mass is 35.5. The number of halogens is 1. The van der Waals surface area contributed by atoms with E-state index in [-0.39, 0.29) is 12.4 Å². The zero-order valence-corrected chi connectivity index (χ0v) is 13.6. The molecule has 0 saturated carbocycles. The van der Waals surface area contributed by atoms with Gasteiger partial charge in [-0.05, 0) is 49.1 Å². The average molecular weight is 299 g/mol. The summed E-state index contributed by atoms with van der Waals surface area (Å²) in [5.74, 6) is 1.55. The summed E-state index contributed by atoms with van der Waals surface area (Å²) in [6.45, 7) is 10.4. The van der Waals surface area contributed by atoms with Gasteiger partial charge in [0.05, 0.1) is 0 Å². The molecule has 0 amide bonds. The number of ether oxygens (including phenoxy) is 1. The van der Waals surface area contributed by atoms with E-state index in [1.54, 1.807) is 0 Å². The minimum atomic E-state index is 0. The molecule has 0 radical (unpaired) electrons. The highest BCUT2D eigenvalue weighted by Crippen LogP contribution is 2.23. The van der Waals surface area contributed by atoms with Crippen LogP contribution in [-0.4, -0.2) is 37.2 Å². The SMILES string of the molecule is Cc1cc(OCCN2CC[C@@H](N)C2)ccc1C(C)C.Cl. The van der Waals surface area contributed by atoms with E-state index in [4.69, 9.17) is 10.5 Å². The van der Waals surface area contributed by atoms with Gasteiger partial charge in [-0.3, -0.25) is 4.90 Å². The minimum Gasteiger partial charge on any atom is -0.492 e. The van der Waals surface area contributed by atoms with Gasteiger partial charge in [-0.25, -0.2) is 0 Å². The number of likely N-dealkylation sites (tertiary alicyclic amines) is 1. The maximum Gasteiger partial charge on any atom is 0.119 e. The Balaban J connectivity index is 0.00000200. The highest BCUT2D eigenvalue weighted by Gasteiger charge is 2.18. The van der Waals surface area contributed by atoms with Crippen molar-refractivity contribution < 1.29 is 4.74 Å². The lowest BCUT2D eigenvalue weighted by Gasteiger charge is -2.16. The number of hydrogen-bond donors (Lipinski definition) is 1. The van der Waals surface area contributed by atoms with Gasteiger partial charge in [-0.2, -0.15) is 0 Å². The molecule has 0 aliphatic carbocycles. The van der Waals surface area contributed by atoms with Gasteiger partial charge in [-0.15, -0.1) is 12.4 Å². The number of aryl methyl sites for hydroxylation is 1. The standard InChI is InChI=1S/C16H26N2O.ClH/c1-12(2)16-5-4-15(10-13(16)3)19-9-8-18-7-6-14(17)11-18;/h4-5,10,12,14H,6-9,11,17H2,1-3H3;1H/t14-;/m1./s1. The first kappa shape index (κ1) is 17.3. The summed E-state index contributed by atoms with van der Waals surface area (Å²) < 4.78 is 5.84. The van der Waals surface area contributed by atoms with Gasteiger partial charge in [0.2, 0.25) is 0 Å². The van der Waals surface area contributed by atoms with Crippen LogP contribution in [0.3, 0.4) is 0 Å². The lowest BCUT2D eigenvalue weighted by molar-refractivity contribution is 0.236. The van der Waals surface area contributed by atoms with Crippen molar-refractivity contribution in [3.8, 4) is 5.75 Å². The third-order valence-corrected chi connectivity index (χ3v) is 3.85. The molecule has 1 aliphatic rings. The molecule has 0 bridgehead atoms. The topological polar surface area (TPSA) is 38.5 Å². The van der Waals surface area contributed by atoms with Crippen LogP contribution in [-0.2, 0) is 0 Å². The summed E-state index contributed by atoms with van der Waals surface area (Å²) in [5, 5.41) is 0. The van der Waals surface area contributed by atoms with Gasteiger partial charge in [0.15, 0.2) is 0 Å². The van der Waals surface area contributed by atoms with E-state index in [0.29, 0.717) is 12.0 Å². The van der Waals surface area contributed by atoms with Crippen LogP contribution in [0, 0.1) is 6.92 Å². The monoisotopic (exact) mass is 298 g/mol. The molecule has 1 aliphatic heterocycles. The third-order valence-electron chi connectivity index (χ3n) is 3.85. The Morgan fingerprint density at radius 2 is 2.15 bits per heavy atom. The summed E-state index contributed by atoms with van der Waals surface area (Å²) in [6.07, 6.45) is 1.11. The van der Waals surface area contributed by atoms with Crippen LogP contribution >= 0.6 is 12.4 Å². The smallest absolute Gasteiger partial charge is 0.119 e. The van der Waals surface area contributed by atoms with Crippen molar-refractivity contribution in [2.75, 3.05) is 26.2 Å². The Morgan fingerprint density at radius 3 is 2.70 bits per heavy atom. The van der Waals surface area contributed by atoms with Gasteiger partial charge in [0.1, 0.15) is 12.4 Å². The maximum atomic E-state index is 5.89. The first-order valence-corrected chi connectivity index (χ1v) is 7.27. The van der Waals surface area contributed by atoms with E-state index in [0.717, 1.165) is 38.4 Å². The molecule has 20 heavy (non-hydrogen) atoms. The molecule has 1 atom stereocenters. The molecule has 0 unspecified atom stereocenters. The Hall–Kier alpha value is -0.770. The highest BCUT2D eigenvalue weighted by molar-refractivity contribution is 5.85. The van der Waals surface area contributed by atoms with Crippen molar-refractivity contribution in [2.24, 2.45) is 5.73 Å². The predicted molar refractivity (Wildman–Crippen MR) is 87.0 cm³/mol. The molecule has 1 aromatic rings. The van der Waals surface area contributed by atoms with E-state index in [1.807, 2.05) is 0 Å². The largest absolute Gasteiger partial charge is 0.492 e. The van der Waals surface area contributed by atoms with Gasteiger partial charge in [0, 0.05) is 19.1 Å². The van der Waals surface area contributed by atoms with E-state index < -0.39 is 0 Å². The lowest BCUT2D eigenvalue weighted by Crippen LogP contribution is -2.29. The Kier molecular flexibility index (Phi) is 6.80. The maximum absolute atomic E-state index is 5.89. The molecule has 1 saturated heterocycles. The molecule has 0 spiro atoms. The average Bonchev–Trinajstić information content (AvgIpc) is 2.75. The van der Waals surface area contributed by atoms with Gasteiger partial charge in [0.25, 0.3) is 0 Å². The molecule has 3 nitrogen and oxygen atoms in total. The molecular formula is C16H27ClN2O. The fourth-order valence-electron chi connectivity index (χ4n) is 2.74. The molecule has 0 aromatic heterocycles. The number of benzene rings is 1. The Bertz CT molecular complexity index is 423. The molecule has 2 rings (SSSR count). The van der Waals surface area contributed by atoms with Gasteiger partial charge >= 0.3 is 0 Å². The number of nitrogens with zero attached hydrogens (tertiary/aromatic N) is 1. The van der Waals surface area contributed by atoms with Crippen molar-refractivity contribution in [1.29, 1.82) is 0 Å². The fourth-order valence-corrected chi connectivity index (χ4v) is 2.74. The number of hydrogen-bond acceptors (Lipinski definition) is 3. The molecule has 1 aromatic carbocycles. The Labute approximate surface area is 128 Å². The predicted octanol–water partition coefficient (Wildman–Crippen LogP) is 2.95. The van der Waals surface area contributed by atoms with Crippen LogP contribution in [0.25, 0.3) is 0 Å². The number of nitrogens with two attached hydrogens (primary N) is 1. The normalized spacial score (nSPS) is 19.1. The van der Waals surface area contributed by atoms with Crippen LogP contribution in [0.15, 0.2) is 18.2 Å². The van der Waals surface area contributed by atoms with Crippen LogP contribution in [0.4, 0.5) is 0 Å². The van der Waals surface area contributed by atoms with Crippen LogP contribution < -0.4 is 10.5 Å². The van der Waals surface area contributed by atoms with Crippen LogP contribution in [0.5, 0.6) is 5.75 Å². The van der Waals surface area contributed by atoms with E-state index in [9.17, 15) is 0 Å². The number of rotatable bonds is 5. The van der Waals surface area contributed by atoms with Crippen molar-refractivity contribution in [3.05, 3.63) is 29.3 Å². The molecule has 2 N–H and O–H groups in total. The summed E-state index contributed by atoms with van der Waals surface area (Å²) >= 11 is 0. The summed E-state index contributed by atoms with van der Waals surface area (Å²) in [5.41, 5.74) is 8.61. The van der Waals surface area contributed by atoms with Crippen molar-refractivity contribution in [2.45, 2.75) is 39.2 Å². The fraction of sp³-hybridized carbons (Fsp3) is 0.625. The van der Waals surface area contributed by atoms with E-state index in [2.05, 4.69) is 43.9 Å². The second-order valence-electron chi connectivity index (χ2n) is 5.87. The lowest BCUT2D eigenvalue weighted by atomic mass is 9.98. The molecular weight excluding hydrogens is 272 g/mol. The first-order chi connectivity index (χ1) is 9.06. The van der Waals surface area contributed by atoms with Crippen molar-refractivity contribution in [3.63, 3.8) is 0 Å². The third kappa shape index (κ3) is 4.65. The second-order valence-corrected chi connectivity index (χ2v) is 5.87. The summed E-state index contributed by atoms with van der Waals surface area (Å²) in [6, 6.07) is 6.76. The van der Waals surface area contributed by atoms with Crippen molar-refractivity contribution in [1.82, 2.24) is 4.90 Å². The Morgan fingerprint density at radius 1 is 1.40 bits per heavy atom. The zero-order chi connectivity index (χ0) is 13.8. The second kappa shape index (κ2) is 7.87. The quantitative estimate of drug-likeness (QED) is 0.908. The molecule has 1 fully saturated rings. The zero-order valence-electron chi connectivity index (χ0n) is 12.8. The van der Waals surface area contributed by atoms with Crippen molar-refractivity contribution >= 4 is 12.4 Å². The minimum absolute atomic E-state index is 0. The van der Waals surface area contributed by atoms with E-state index in [1.165, 1.54) is 11.1 Å². The summed E-state index contributed by atoms with van der Waals surface area (Å²) in [4.78, 5) is 2.38. The van der Waals surface area contributed by atoms with Gasteiger partial charge in [-0.1, -0.05) is 19.9 Å².